The van der Waals surface area contributed by atoms with Crippen molar-refractivity contribution in [1.29, 1.82) is 0 Å². The van der Waals surface area contributed by atoms with E-state index in [0.29, 0.717) is 0 Å². The van der Waals surface area contributed by atoms with Gasteiger partial charge in [-0.05, 0) is 57.6 Å². The zero-order chi connectivity index (χ0) is 28.5. The lowest BCUT2D eigenvalue weighted by atomic mass is 9.81. The molecule has 210 valence electrons. The third kappa shape index (κ3) is 3.20. The first-order valence-corrected chi connectivity index (χ1v) is 14.4. The standard InChI is InChI=1S/C36H32N2O4/c1-39-25-17-19-13-15-37-33-27(19)31(35(25)41-3)23-11-7-5-9-21(23)29(33)30-22-10-6-8-12-24(22)32-28-20(14-16-38-34(28)30)18-26(40-2)36(32)42-4/h5-12,17-18,37-38H,13-16H2,1-4H3. The second-order valence-corrected chi connectivity index (χ2v) is 11.0. The van der Waals surface area contributed by atoms with Gasteiger partial charge in [-0.1, -0.05) is 48.5 Å². The predicted molar refractivity (Wildman–Crippen MR) is 172 cm³/mol. The second kappa shape index (κ2) is 9.35. The zero-order valence-corrected chi connectivity index (χ0v) is 24.2. The minimum Gasteiger partial charge on any atom is -0.493 e. The van der Waals surface area contributed by atoms with Crippen LogP contribution in [-0.2, 0) is 12.8 Å². The summed E-state index contributed by atoms with van der Waals surface area (Å²) in [6, 6.07) is 21.7. The molecule has 2 heterocycles. The Labute approximate surface area is 244 Å². The molecule has 2 aliphatic heterocycles. The fourth-order valence-electron chi connectivity index (χ4n) is 7.45. The average Bonchev–Trinajstić information content (AvgIpc) is 3.05. The van der Waals surface area contributed by atoms with Gasteiger partial charge in [0.15, 0.2) is 23.0 Å². The summed E-state index contributed by atoms with van der Waals surface area (Å²) in [6.07, 6.45) is 1.82. The highest BCUT2D eigenvalue weighted by Crippen LogP contribution is 2.56. The lowest BCUT2D eigenvalue weighted by Crippen LogP contribution is -2.16. The van der Waals surface area contributed by atoms with Crippen molar-refractivity contribution in [2.45, 2.75) is 12.8 Å². The van der Waals surface area contributed by atoms with E-state index in [1.165, 1.54) is 43.8 Å². The first-order chi connectivity index (χ1) is 20.7. The summed E-state index contributed by atoms with van der Waals surface area (Å²) in [5.74, 6) is 3.07. The molecule has 0 saturated carbocycles. The largest absolute Gasteiger partial charge is 0.493 e. The van der Waals surface area contributed by atoms with E-state index in [2.05, 4.69) is 71.3 Å². The molecule has 42 heavy (non-hydrogen) atoms. The predicted octanol–water partition coefficient (Wildman–Crippen LogP) is 7.94. The van der Waals surface area contributed by atoms with Crippen LogP contribution in [0.15, 0.2) is 60.7 Å². The van der Waals surface area contributed by atoms with Crippen molar-refractivity contribution in [3.8, 4) is 34.1 Å². The molecule has 0 aromatic heterocycles. The summed E-state index contributed by atoms with van der Waals surface area (Å²) in [5, 5.41) is 16.9. The van der Waals surface area contributed by atoms with Gasteiger partial charge in [-0.2, -0.15) is 0 Å². The minimum absolute atomic E-state index is 0.768. The van der Waals surface area contributed by atoms with E-state index in [9.17, 15) is 0 Å². The molecule has 0 aliphatic carbocycles. The van der Waals surface area contributed by atoms with Crippen LogP contribution in [0, 0.1) is 0 Å². The number of rotatable bonds is 5. The Morgan fingerprint density at radius 1 is 0.500 bits per heavy atom. The Bertz CT molecular complexity index is 1950. The van der Waals surface area contributed by atoms with Crippen LogP contribution >= 0.6 is 0 Å². The fourth-order valence-corrected chi connectivity index (χ4v) is 7.45. The Hall–Kier alpha value is -4.84. The number of benzene rings is 6. The number of hydrogen-bond donors (Lipinski definition) is 2. The maximum Gasteiger partial charge on any atom is 0.169 e. The molecule has 0 radical (unpaired) electrons. The number of anilines is 2. The highest BCUT2D eigenvalue weighted by molar-refractivity contribution is 6.31. The third-order valence-corrected chi connectivity index (χ3v) is 9.08. The maximum absolute atomic E-state index is 6.04. The zero-order valence-electron chi connectivity index (χ0n) is 24.2. The number of hydrogen-bond acceptors (Lipinski definition) is 6. The Kier molecular flexibility index (Phi) is 5.54. The van der Waals surface area contributed by atoms with Crippen molar-refractivity contribution in [3.63, 3.8) is 0 Å². The molecular formula is C36H32N2O4. The van der Waals surface area contributed by atoms with Crippen molar-refractivity contribution in [2.24, 2.45) is 0 Å². The molecule has 6 nitrogen and oxygen atoms in total. The highest BCUT2D eigenvalue weighted by Gasteiger charge is 2.30. The fraction of sp³-hybridized carbons (Fsp3) is 0.222. The van der Waals surface area contributed by atoms with E-state index in [0.717, 1.165) is 81.8 Å². The molecule has 2 N–H and O–H groups in total. The molecular weight excluding hydrogens is 524 g/mol. The molecule has 0 atom stereocenters. The molecule has 2 aliphatic rings. The third-order valence-electron chi connectivity index (χ3n) is 9.08. The van der Waals surface area contributed by atoms with Crippen LogP contribution < -0.4 is 29.6 Å². The van der Waals surface area contributed by atoms with Gasteiger partial charge in [0.25, 0.3) is 0 Å². The van der Waals surface area contributed by atoms with Crippen LogP contribution in [0.25, 0.3) is 54.2 Å². The van der Waals surface area contributed by atoms with Crippen LogP contribution in [0.2, 0.25) is 0 Å². The highest BCUT2D eigenvalue weighted by atomic mass is 16.5. The summed E-state index contributed by atoms with van der Waals surface area (Å²) in [4.78, 5) is 0. The van der Waals surface area contributed by atoms with Crippen LogP contribution in [0.5, 0.6) is 23.0 Å². The van der Waals surface area contributed by atoms with E-state index in [1.807, 2.05) is 0 Å². The lowest BCUT2D eigenvalue weighted by molar-refractivity contribution is 0.358. The summed E-state index contributed by atoms with van der Waals surface area (Å²) in [6.45, 7) is 1.68. The van der Waals surface area contributed by atoms with Crippen molar-refractivity contribution in [1.82, 2.24) is 0 Å². The van der Waals surface area contributed by atoms with Gasteiger partial charge in [-0.15, -0.1) is 0 Å². The van der Waals surface area contributed by atoms with Gasteiger partial charge >= 0.3 is 0 Å². The Morgan fingerprint density at radius 3 is 1.29 bits per heavy atom. The van der Waals surface area contributed by atoms with Gasteiger partial charge in [0, 0.05) is 45.8 Å². The monoisotopic (exact) mass is 556 g/mol. The van der Waals surface area contributed by atoms with E-state index in [1.54, 1.807) is 28.4 Å². The van der Waals surface area contributed by atoms with E-state index in [-0.39, 0.29) is 0 Å². The molecule has 6 aromatic rings. The number of nitrogens with one attached hydrogen (secondary N) is 2. The van der Waals surface area contributed by atoms with Crippen LogP contribution in [0.4, 0.5) is 11.4 Å². The van der Waals surface area contributed by atoms with Crippen molar-refractivity contribution < 1.29 is 18.9 Å². The SMILES string of the molecule is COc1cc2c3c(c(-c4c5c6c(cc(OC)c(OC)c6c6ccccc46)CCN5)c4ccccc4c3c1OC)NCC2. The second-order valence-electron chi connectivity index (χ2n) is 11.0. The van der Waals surface area contributed by atoms with Gasteiger partial charge in [0.05, 0.1) is 39.8 Å². The molecule has 0 fully saturated rings. The van der Waals surface area contributed by atoms with E-state index < -0.39 is 0 Å². The molecule has 6 heteroatoms. The van der Waals surface area contributed by atoms with Gasteiger partial charge in [-0.25, -0.2) is 0 Å². The molecule has 0 spiro atoms. The number of ether oxygens (including phenoxy) is 4. The number of methoxy groups -OCH3 is 4. The minimum atomic E-state index is 0.768. The molecule has 8 rings (SSSR count). The Morgan fingerprint density at radius 2 is 0.905 bits per heavy atom. The molecule has 0 amide bonds. The van der Waals surface area contributed by atoms with Crippen LogP contribution in [0.1, 0.15) is 11.1 Å². The molecule has 0 bridgehead atoms. The van der Waals surface area contributed by atoms with E-state index in [4.69, 9.17) is 18.9 Å². The first kappa shape index (κ1) is 24.9. The topological polar surface area (TPSA) is 61.0 Å². The first-order valence-electron chi connectivity index (χ1n) is 14.4. The van der Waals surface area contributed by atoms with Gasteiger partial charge < -0.3 is 29.6 Å². The normalized spacial score (nSPS) is 13.7. The van der Waals surface area contributed by atoms with Crippen molar-refractivity contribution in [2.75, 3.05) is 52.2 Å². The molecule has 0 saturated heterocycles. The van der Waals surface area contributed by atoms with Crippen molar-refractivity contribution in [3.05, 3.63) is 71.8 Å². The van der Waals surface area contributed by atoms with Gasteiger partial charge in [0.1, 0.15) is 0 Å². The number of fused-ring (bicyclic) bond motifs is 4. The molecule has 0 unspecified atom stereocenters. The Balaban J connectivity index is 1.64. The maximum atomic E-state index is 6.04. The summed E-state index contributed by atoms with van der Waals surface area (Å²) < 4.78 is 23.8. The van der Waals surface area contributed by atoms with Gasteiger partial charge in [-0.3, -0.25) is 0 Å². The molecule has 6 aromatic carbocycles. The van der Waals surface area contributed by atoms with Gasteiger partial charge in [0.2, 0.25) is 0 Å². The smallest absolute Gasteiger partial charge is 0.169 e. The van der Waals surface area contributed by atoms with Crippen molar-refractivity contribution >= 4 is 54.5 Å². The summed E-state index contributed by atoms with van der Waals surface area (Å²) in [5.41, 5.74) is 7.22. The van der Waals surface area contributed by atoms with Crippen LogP contribution in [0.3, 0.4) is 0 Å². The lowest BCUT2D eigenvalue weighted by Gasteiger charge is -2.30. The summed E-state index contributed by atoms with van der Waals surface area (Å²) in [7, 11) is 6.89. The van der Waals surface area contributed by atoms with Crippen LogP contribution in [-0.4, -0.2) is 41.5 Å². The summed E-state index contributed by atoms with van der Waals surface area (Å²) >= 11 is 0. The average molecular weight is 557 g/mol. The van der Waals surface area contributed by atoms with E-state index >= 15 is 0 Å². The quantitative estimate of drug-likeness (QED) is 0.210.